The summed E-state index contributed by atoms with van der Waals surface area (Å²) in [6.45, 7) is 11.1. The van der Waals surface area contributed by atoms with Crippen molar-refractivity contribution in [2.75, 3.05) is 34.2 Å². The van der Waals surface area contributed by atoms with E-state index in [2.05, 4.69) is 20.9 Å². The Balaban J connectivity index is 1.86. The van der Waals surface area contributed by atoms with Gasteiger partial charge in [0.05, 0.1) is 12.6 Å². The lowest BCUT2D eigenvalue weighted by atomic mass is 9.88. The molecule has 1 aromatic heterocycles. The average molecular weight is 879 g/mol. The molecule has 344 valence electrons. The van der Waals surface area contributed by atoms with Crippen LogP contribution in [0.15, 0.2) is 48.7 Å². The van der Waals surface area contributed by atoms with Gasteiger partial charge in [-0.1, -0.05) is 65.0 Å². The van der Waals surface area contributed by atoms with Crippen molar-refractivity contribution in [2.24, 2.45) is 17.8 Å². The number of pyridine rings is 1. The second kappa shape index (κ2) is 21.3. The highest BCUT2D eigenvalue weighted by Crippen LogP contribution is 2.26. The third-order valence-corrected chi connectivity index (χ3v) is 11.7. The molecule has 0 saturated carbocycles. The zero-order chi connectivity index (χ0) is 47.0. The number of ether oxygens (including phenoxy) is 1. The van der Waals surface area contributed by atoms with E-state index in [1.807, 2.05) is 13.8 Å². The molecule has 0 radical (unpaired) electrons. The molecule has 2 aliphatic heterocycles. The molecule has 19 heteroatoms. The van der Waals surface area contributed by atoms with Crippen molar-refractivity contribution in [3.63, 3.8) is 0 Å². The number of benzene rings is 1. The van der Waals surface area contributed by atoms with E-state index < -0.39 is 120 Å². The summed E-state index contributed by atoms with van der Waals surface area (Å²) in [6, 6.07) is 2.60. The second-order valence-corrected chi connectivity index (χ2v) is 17.3. The Bertz CT molecular complexity index is 2020. The highest BCUT2D eigenvalue weighted by molar-refractivity contribution is 6.00. The van der Waals surface area contributed by atoms with Crippen LogP contribution in [0.2, 0.25) is 0 Å². The highest BCUT2D eigenvalue weighted by atomic mass is 16.5. The molecule has 3 heterocycles. The number of esters is 1. The Morgan fingerprint density at radius 1 is 0.873 bits per heavy atom. The van der Waals surface area contributed by atoms with Crippen molar-refractivity contribution >= 4 is 47.3 Å². The lowest BCUT2D eigenvalue weighted by Crippen LogP contribution is -2.60. The zero-order valence-corrected chi connectivity index (χ0v) is 37.6. The molecule has 0 aliphatic carbocycles. The van der Waals surface area contributed by atoms with Crippen LogP contribution in [0.4, 0.5) is 0 Å². The predicted octanol–water partition coefficient (Wildman–Crippen LogP) is 0.606. The van der Waals surface area contributed by atoms with E-state index in [4.69, 9.17) is 4.74 Å². The number of aliphatic hydroxyl groups excluding tert-OH is 1. The van der Waals surface area contributed by atoms with Crippen LogP contribution in [0, 0.1) is 17.8 Å². The number of carbonyl (C=O) groups excluding carboxylic acids is 8. The van der Waals surface area contributed by atoms with Gasteiger partial charge >= 0.3 is 5.97 Å². The van der Waals surface area contributed by atoms with Crippen LogP contribution in [0.1, 0.15) is 83.4 Å². The molecule has 9 atom stereocenters. The quantitative estimate of drug-likeness (QED) is 0.240. The highest BCUT2D eigenvalue weighted by Gasteiger charge is 2.45. The first-order chi connectivity index (χ1) is 29.5. The fraction of sp³-hybridized carbons (Fsp3) is 0.568. The van der Waals surface area contributed by atoms with Gasteiger partial charge in [0.25, 0.3) is 5.91 Å². The molecule has 5 N–H and O–H groups in total. The lowest BCUT2D eigenvalue weighted by molar-refractivity contribution is -0.161. The third-order valence-electron chi connectivity index (χ3n) is 11.7. The molecule has 4 rings (SSSR count). The summed E-state index contributed by atoms with van der Waals surface area (Å²) in [7, 11) is 4.13. The van der Waals surface area contributed by atoms with Crippen molar-refractivity contribution < 1.29 is 53.3 Å². The molecule has 1 aromatic carbocycles. The fourth-order valence-electron chi connectivity index (χ4n) is 7.82. The summed E-state index contributed by atoms with van der Waals surface area (Å²) in [5.74, 6) is -7.75. The van der Waals surface area contributed by atoms with Gasteiger partial charge < -0.3 is 50.5 Å². The van der Waals surface area contributed by atoms with Crippen LogP contribution in [0.25, 0.3) is 0 Å². The van der Waals surface area contributed by atoms with Crippen LogP contribution in [0.3, 0.4) is 0 Å². The molecule has 7 amide bonds. The Morgan fingerprint density at radius 3 is 2.13 bits per heavy atom. The SMILES string of the molecule is CC(C)C[C@H]1NC(=O)[C@@H](NC(=O)c2ncccc2O)[C@@H](C)OC(=O)[C@H](c2ccccc2)N(C)C(=O)[C@@H](C)NC(=O)[C@H]([C@H](C)C(C)C)N(C)C(=O)CN(C)C(=O)[C@H]2C[C@@H](O)CN2C1=O. The minimum atomic E-state index is -1.74. The number of aromatic nitrogens is 1. The van der Waals surface area contributed by atoms with E-state index in [0.29, 0.717) is 5.56 Å². The summed E-state index contributed by atoms with van der Waals surface area (Å²) in [5, 5.41) is 29.1. The van der Waals surface area contributed by atoms with E-state index >= 15 is 0 Å². The van der Waals surface area contributed by atoms with Crippen LogP contribution >= 0.6 is 0 Å². The van der Waals surface area contributed by atoms with Gasteiger partial charge in [-0.2, -0.15) is 0 Å². The Morgan fingerprint density at radius 2 is 1.52 bits per heavy atom. The Hall–Kier alpha value is -6.11. The molecule has 2 saturated heterocycles. The summed E-state index contributed by atoms with van der Waals surface area (Å²) in [4.78, 5) is 122. The number of likely N-dealkylation sites (N-methyl/N-ethyl adjacent to an activating group) is 3. The molecule has 63 heavy (non-hydrogen) atoms. The van der Waals surface area contributed by atoms with Gasteiger partial charge in [0.1, 0.15) is 42.1 Å². The maximum absolute atomic E-state index is 14.5. The average Bonchev–Trinajstić information content (AvgIpc) is 3.62. The van der Waals surface area contributed by atoms with Crippen molar-refractivity contribution in [2.45, 2.75) is 110 Å². The van der Waals surface area contributed by atoms with E-state index in [0.717, 1.165) is 14.7 Å². The minimum Gasteiger partial charge on any atom is -0.505 e. The first-order valence-corrected chi connectivity index (χ1v) is 21.1. The number of rotatable bonds is 7. The summed E-state index contributed by atoms with van der Waals surface area (Å²) in [5.41, 5.74) is -0.145. The number of hydrogen-bond donors (Lipinski definition) is 5. The first kappa shape index (κ1) is 49.5. The number of fused-ring (bicyclic) bond motifs is 1. The Labute approximate surface area is 367 Å². The van der Waals surface area contributed by atoms with E-state index in [9.17, 15) is 48.6 Å². The number of amides is 7. The van der Waals surface area contributed by atoms with E-state index in [1.165, 1.54) is 58.2 Å². The fourth-order valence-corrected chi connectivity index (χ4v) is 7.82. The number of carbonyl (C=O) groups is 8. The number of nitrogens with one attached hydrogen (secondary N) is 3. The van der Waals surface area contributed by atoms with Crippen molar-refractivity contribution in [1.29, 1.82) is 0 Å². The number of aromatic hydroxyl groups is 1. The normalized spacial score (nSPS) is 27.0. The summed E-state index contributed by atoms with van der Waals surface area (Å²) in [6.07, 6.45) is -1.52. The summed E-state index contributed by atoms with van der Waals surface area (Å²) >= 11 is 0. The molecule has 0 spiro atoms. The second-order valence-electron chi connectivity index (χ2n) is 17.3. The molecule has 19 nitrogen and oxygen atoms in total. The van der Waals surface area contributed by atoms with Crippen molar-refractivity contribution in [1.82, 2.24) is 40.5 Å². The van der Waals surface area contributed by atoms with Crippen LogP contribution in [-0.4, -0.2) is 159 Å². The minimum absolute atomic E-state index is 0.0335. The summed E-state index contributed by atoms with van der Waals surface area (Å²) < 4.78 is 5.91. The van der Waals surface area contributed by atoms with Gasteiger partial charge in [0.2, 0.25) is 35.4 Å². The van der Waals surface area contributed by atoms with Crippen LogP contribution in [-0.2, 0) is 38.3 Å². The van der Waals surface area contributed by atoms with Crippen molar-refractivity contribution in [3.05, 3.63) is 59.9 Å². The van der Waals surface area contributed by atoms with Crippen LogP contribution < -0.4 is 16.0 Å². The zero-order valence-electron chi connectivity index (χ0n) is 37.6. The van der Waals surface area contributed by atoms with Gasteiger partial charge in [-0.25, -0.2) is 9.78 Å². The molecular weight excluding hydrogens is 817 g/mol. The number of nitrogens with zero attached hydrogens (tertiary/aromatic N) is 5. The van der Waals surface area contributed by atoms with Crippen LogP contribution in [0.5, 0.6) is 5.75 Å². The maximum Gasteiger partial charge on any atom is 0.333 e. The maximum atomic E-state index is 14.5. The van der Waals surface area contributed by atoms with Gasteiger partial charge in [-0.3, -0.25) is 33.6 Å². The molecule has 0 bridgehead atoms. The van der Waals surface area contributed by atoms with E-state index in [1.54, 1.807) is 51.1 Å². The van der Waals surface area contributed by atoms with Crippen molar-refractivity contribution in [3.8, 4) is 5.75 Å². The Kier molecular flexibility index (Phi) is 16.8. The molecule has 2 aromatic rings. The monoisotopic (exact) mass is 878 g/mol. The van der Waals surface area contributed by atoms with Gasteiger partial charge in [-0.05, 0) is 55.7 Å². The largest absolute Gasteiger partial charge is 0.505 e. The van der Waals surface area contributed by atoms with Gasteiger partial charge in [-0.15, -0.1) is 0 Å². The number of aliphatic hydroxyl groups is 1. The third kappa shape index (κ3) is 11.9. The molecule has 2 aliphatic rings. The molecule has 0 unspecified atom stereocenters. The number of hydrogen-bond acceptors (Lipinski definition) is 12. The molecular formula is C44H62N8O11. The van der Waals surface area contributed by atoms with E-state index in [-0.39, 0.29) is 31.2 Å². The lowest BCUT2D eigenvalue weighted by Gasteiger charge is -2.37. The standard InChI is InChI=1S/C44H62N8O11/c1-23(2)19-30-42(60)52-21-29(53)20-31(52)43(61)49(8)22-33(55)50(9)36(25(5)24(3)4)40(58)46-26(6)41(59)51(10)37(28-15-12-11-13-16-28)44(62)63-27(7)34(38(56)47-30)48-39(57)35-32(54)17-14-18-45-35/h11-18,23-27,29-31,34,36-37,53-54H,19-22H2,1-10H3,(H,46,58)(H,47,56)(H,48,57)/t25-,26-,27-,29-,30-,31-,34+,36+,37+/m1/s1. The van der Waals surface area contributed by atoms with Gasteiger partial charge in [0.15, 0.2) is 11.7 Å². The smallest absolute Gasteiger partial charge is 0.333 e. The topological polar surface area (TPSA) is 248 Å². The van der Waals surface area contributed by atoms with Gasteiger partial charge in [0, 0.05) is 40.3 Å². The first-order valence-electron chi connectivity index (χ1n) is 21.1. The molecule has 2 fully saturated rings. The predicted molar refractivity (Wildman–Crippen MR) is 228 cm³/mol. The number of cyclic esters (lactones) is 1.